The van der Waals surface area contributed by atoms with Gasteiger partial charge in [-0.2, -0.15) is 0 Å². The van der Waals surface area contributed by atoms with Crippen LogP contribution in [0.4, 0.5) is 0 Å². The van der Waals surface area contributed by atoms with Crippen molar-refractivity contribution in [2.45, 2.75) is 33.6 Å². The molecule has 0 saturated heterocycles. The van der Waals surface area contributed by atoms with Gasteiger partial charge in [-0.05, 0) is 18.3 Å². The highest BCUT2D eigenvalue weighted by atomic mass is 16.4. The molecule has 1 atom stereocenters. The molecular formula is C12H22N2O4. The summed E-state index contributed by atoms with van der Waals surface area (Å²) in [6, 6.07) is 0. The lowest BCUT2D eigenvalue weighted by Crippen LogP contribution is -2.38. The van der Waals surface area contributed by atoms with Gasteiger partial charge in [0.05, 0.1) is 6.54 Å². The molecule has 6 heteroatoms. The molecule has 0 aliphatic heterocycles. The fourth-order valence-electron chi connectivity index (χ4n) is 1.68. The van der Waals surface area contributed by atoms with Gasteiger partial charge in [0.25, 0.3) is 0 Å². The molecule has 104 valence electrons. The second-order valence-corrected chi connectivity index (χ2v) is 4.81. The molecule has 18 heavy (non-hydrogen) atoms. The Morgan fingerprint density at radius 2 is 1.78 bits per heavy atom. The number of carboxylic acids is 1. The van der Waals surface area contributed by atoms with Crippen LogP contribution in [0.2, 0.25) is 0 Å². The van der Waals surface area contributed by atoms with Crippen molar-refractivity contribution in [1.82, 2.24) is 10.6 Å². The molecule has 0 fully saturated rings. The molecule has 0 aromatic carbocycles. The number of carbonyl (C=O) groups excluding carboxylic acids is 2. The largest absolute Gasteiger partial charge is 0.481 e. The summed E-state index contributed by atoms with van der Waals surface area (Å²) in [6.07, 6.45) is 0.783. The number of hydrogen-bond donors (Lipinski definition) is 3. The number of aliphatic carboxylic acids is 1. The predicted octanol–water partition coefficient (Wildman–Crippen LogP) is 0.376. The van der Waals surface area contributed by atoms with Gasteiger partial charge in [-0.3, -0.25) is 14.4 Å². The maximum absolute atomic E-state index is 11.4. The van der Waals surface area contributed by atoms with Gasteiger partial charge in [-0.15, -0.1) is 0 Å². The van der Waals surface area contributed by atoms with Crippen LogP contribution in [0.1, 0.15) is 33.6 Å². The van der Waals surface area contributed by atoms with Crippen molar-refractivity contribution in [2.75, 3.05) is 13.1 Å². The first-order valence-electron chi connectivity index (χ1n) is 6.04. The van der Waals surface area contributed by atoms with Gasteiger partial charge in [-0.1, -0.05) is 13.8 Å². The Balaban J connectivity index is 4.04. The highest BCUT2D eigenvalue weighted by Crippen LogP contribution is 2.14. The fraction of sp³-hybridized carbons (Fsp3) is 0.750. The third-order valence-electron chi connectivity index (χ3n) is 2.35. The van der Waals surface area contributed by atoms with Crippen LogP contribution in [0.25, 0.3) is 0 Å². The van der Waals surface area contributed by atoms with E-state index in [0.29, 0.717) is 12.5 Å². The molecule has 3 N–H and O–H groups in total. The fourth-order valence-corrected chi connectivity index (χ4v) is 1.68. The molecule has 0 bridgehead atoms. The molecule has 0 rings (SSSR count). The number of nitrogens with one attached hydrogen (secondary N) is 2. The van der Waals surface area contributed by atoms with Crippen molar-refractivity contribution in [1.29, 1.82) is 0 Å². The molecule has 0 unspecified atom stereocenters. The van der Waals surface area contributed by atoms with Crippen LogP contribution >= 0.6 is 0 Å². The van der Waals surface area contributed by atoms with Crippen LogP contribution in [-0.2, 0) is 14.4 Å². The lowest BCUT2D eigenvalue weighted by molar-refractivity contribution is -0.138. The SMILES string of the molecule is CC(=O)NCC(=O)NC[C@H](CC(=O)O)CC(C)C. The standard InChI is InChI=1S/C12H22N2O4/c1-8(2)4-10(5-12(17)18)6-14-11(16)7-13-9(3)15/h8,10H,4-7H2,1-3H3,(H,13,15)(H,14,16)(H,17,18)/t10-/m0/s1. The molecule has 0 radical (unpaired) electrons. The molecule has 6 nitrogen and oxygen atoms in total. The van der Waals surface area contributed by atoms with Crippen molar-refractivity contribution in [3.8, 4) is 0 Å². The van der Waals surface area contributed by atoms with Gasteiger partial charge in [0.15, 0.2) is 0 Å². The minimum Gasteiger partial charge on any atom is -0.481 e. The van der Waals surface area contributed by atoms with E-state index >= 15 is 0 Å². The predicted molar refractivity (Wildman–Crippen MR) is 66.9 cm³/mol. The molecule has 0 heterocycles. The van der Waals surface area contributed by atoms with Crippen molar-refractivity contribution in [2.24, 2.45) is 11.8 Å². The van der Waals surface area contributed by atoms with Gasteiger partial charge in [0, 0.05) is 19.9 Å². The topological polar surface area (TPSA) is 95.5 Å². The van der Waals surface area contributed by atoms with Gasteiger partial charge >= 0.3 is 5.97 Å². The summed E-state index contributed by atoms with van der Waals surface area (Å²) in [5.74, 6) is -1.14. The van der Waals surface area contributed by atoms with Gasteiger partial charge in [0.1, 0.15) is 0 Å². The number of amides is 2. The van der Waals surface area contributed by atoms with E-state index in [1.807, 2.05) is 13.8 Å². The number of rotatable bonds is 8. The summed E-state index contributed by atoms with van der Waals surface area (Å²) >= 11 is 0. The lowest BCUT2D eigenvalue weighted by Gasteiger charge is -2.17. The van der Waals surface area contributed by atoms with Crippen LogP contribution in [0.15, 0.2) is 0 Å². The van der Waals surface area contributed by atoms with Crippen molar-refractivity contribution < 1.29 is 19.5 Å². The summed E-state index contributed by atoms with van der Waals surface area (Å²) in [5, 5.41) is 13.8. The van der Waals surface area contributed by atoms with E-state index < -0.39 is 5.97 Å². The third kappa shape index (κ3) is 9.62. The molecule has 0 aliphatic carbocycles. The Morgan fingerprint density at radius 1 is 1.17 bits per heavy atom. The first-order valence-corrected chi connectivity index (χ1v) is 6.04. The van der Waals surface area contributed by atoms with Crippen molar-refractivity contribution >= 4 is 17.8 Å². The smallest absolute Gasteiger partial charge is 0.303 e. The normalized spacial score (nSPS) is 12.0. The maximum Gasteiger partial charge on any atom is 0.303 e. The number of carboxylic acid groups (broad SMARTS) is 1. The third-order valence-corrected chi connectivity index (χ3v) is 2.35. The van der Waals surface area contributed by atoms with Gasteiger partial charge < -0.3 is 15.7 Å². The highest BCUT2D eigenvalue weighted by molar-refractivity contribution is 5.83. The molecule has 0 aliphatic rings. The van der Waals surface area contributed by atoms with Crippen molar-refractivity contribution in [3.05, 3.63) is 0 Å². The lowest BCUT2D eigenvalue weighted by atomic mass is 9.94. The molecule has 0 saturated carbocycles. The van der Waals surface area contributed by atoms with E-state index in [9.17, 15) is 14.4 Å². The Labute approximate surface area is 107 Å². The number of carbonyl (C=O) groups is 3. The Hall–Kier alpha value is -1.59. The Kier molecular flexibility index (Phi) is 7.74. The Bertz CT molecular complexity index is 302. The van der Waals surface area contributed by atoms with E-state index in [0.717, 1.165) is 6.42 Å². The first kappa shape index (κ1) is 16.4. The number of hydrogen-bond acceptors (Lipinski definition) is 3. The van der Waals surface area contributed by atoms with E-state index in [1.165, 1.54) is 6.92 Å². The van der Waals surface area contributed by atoms with E-state index in [-0.39, 0.29) is 30.7 Å². The minimum absolute atomic E-state index is 0.0403. The zero-order valence-electron chi connectivity index (χ0n) is 11.2. The molecular weight excluding hydrogens is 236 g/mol. The van der Waals surface area contributed by atoms with Crippen LogP contribution in [0.3, 0.4) is 0 Å². The summed E-state index contributed by atoms with van der Waals surface area (Å²) < 4.78 is 0. The second-order valence-electron chi connectivity index (χ2n) is 4.81. The molecule has 0 spiro atoms. The average molecular weight is 258 g/mol. The molecule has 2 amide bonds. The molecule has 0 aromatic heterocycles. The average Bonchev–Trinajstić information content (AvgIpc) is 2.21. The van der Waals surface area contributed by atoms with Crippen LogP contribution in [-0.4, -0.2) is 36.0 Å². The summed E-state index contributed by atoms with van der Waals surface area (Å²) in [7, 11) is 0. The Morgan fingerprint density at radius 3 is 2.22 bits per heavy atom. The first-order chi connectivity index (χ1) is 8.31. The quantitative estimate of drug-likeness (QED) is 0.586. The monoisotopic (exact) mass is 258 g/mol. The van der Waals surface area contributed by atoms with Crippen LogP contribution < -0.4 is 10.6 Å². The van der Waals surface area contributed by atoms with E-state index in [2.05, 4.69) is 10.6 Å². The van der Waals surface area contributed by atoms with Gasteiger partial charge in [0.2, 0.25) is 11.8 Å². The van der Waals surface area contributed by atoms with Crippen LogP contribution in [0.5, 0.6) is 0 Å². The van der Waals surface area contributed by atoms with Crippen LogP contribution in [0, 0.1) is 11.8 Å². The second kappa shape index (κ2) is 8.49. The zero-order chi connectivity index (χ0) is 14.1. The molecule has 0 aromatic rings. The summed E-state index contributed by atoms with van der Waals surface area (Å²) in [5.41, 5.74) is 0. The van der Waals surface area contributed by atoms with Gasteiger partial charge in [-0.25, -0.2) is 0 Å². The van der Waals surface area contributed by atoms with Crippen molar-refractivity contribution in [3.63, 3.8) is 0 Å². The summed E-state index contributed by atoms with van der Waals surface area (Å²) in [6.45, 7) is 5.60. The maximum atomic E-state index is 11.4. The zero-order valence-corrected chi connectivity index (χ0v) is 11.2. The minimum atomic E-state index is -0.864. The summed E-state index contributed by atoms with van der Waals surface area (Å²) in [4.78, 5) is 32.6. The highest BCUT2D eigenvalue weighted by Gasteiger charge is 2.16. The van der Waals surface area contributed by atoms with E-state index in [1.54, 1.807) is 0 Å². The van der Waals surface area contributed by atoms with E-state index in [4.69, 9.17) is 5.11 Å².